The summed E-state index contributed by atoms with van der Waals surface area (Å²) in [6, 6.07) is 0. The maximum Gasteiger partial charge on any atom is 0.313 e. The molecule has 0 aromatic carbocycles. The molecule has 1 rings (SSSR count). The molecule has 0 atom stereocenters. The molecule has 0 aromatic rings. The monoisotopic (exact) mass is 162 g/mol. The molecule has 0 unspecified atom stereocenters. The standard InChI is InChI=1S/C6H7FO2S/c7-10(8,9)5-1-2-6-3-4-6/h6H,3-5H2. The van der Waals surface area contributed by atoms with Gasteiger partial charge in [0.25, 0.3) is 0 Å². The molecule has 0 amide bonds. The Hall–Kier alpha value is -0.560. The second-order valence-corrected chi connectivity index (χ2v) is 3.64. The Labute approximate surface area is 59.6 Å². The molecule has 2 nitrogen and oxygen atoms in total. The van der Waals surface area contributed by atoms with Crippen LogP contribution < -0.4 is 0 Å². The molecule has 1 saturated carbocycles. The molecule has 0 heterocycles. The highest BCUT2D eigenvalue weighted by atomic mass is 32.3. The van der Waals surface area contributed by atoms with Crippen LogP contribution in [-0.4, -0.2) is 14.2 Å². The van der Waals surface area contributed by atoms with Gasteiger partial charge in [-0.25, -0.2) is 0 Å². The smallest absolute Gasteiger partial charge is 0.194 e. The summed E-state index contributed by atoms with van der Waals surface area (Å²) in [7, 11) is -4.37. The Morgan fingerprint density at radius 2 is 2.10 bits per heavy atom. The number of rotatable bonds is 1. The fourth-order valence-corrected chi connectivity index (χ4v) is 0.756. The van der Waals surface area contributed by atoms with Crippen molar-refractivity contribution >= 4 is 10.2 Å². The van der Waals surface area contributed by atoms with Gasteiger partial charge in [0.1, 0.15) is 5.75 Å². The number of hydrogen-bond acceptors (Lipinski definition) is 2. The van der Waals surface area contributed by atoms with Crippen molar-refractivity contribution in [3.8, 4) is 11.8 Å². The van der Waals surface area contributed by atoms with Crippen molar-refractivity contribution in [2.45, 2.75) is 12.8 Å². The second kappa shape index (κ2) is 2.59. The topological polar surface area (TPSA) is 34.1 Å². The van der Waals surface area contributed by atoms with Gasteiger partial charge in [-0.3, -0.25) is 0 Å². The van der Waals surface area contributed by atoms with Crippen LogP contribution in [0.2, 0.25) is 0 Å². The third kappa shape index (κ3) is 3.46. The van der Waals surface area contributed by atoms with E-state index in [-0.39, 0.29) is 0 Å². The van der Waals surface area contributed by atoms with Crippen molar-refractivity contribution in [2.24, 2.45) is 5.92 Å². The van der Waals surface area contributed by atoms with Gasteiger partial charge in [0, 0.05) is 5.92 Å². The third-order valence-corrected chi connectivity index (χ3v) is 1.62. The summed E-state index contributed by atoms with van der Waals surface area (Å²) in [5, 5.41) is 0. The zero-order valence-corrected chi connectivity index (χ0v) is 6.12. The highest BCUT2D eigenvalue weighted by Crippen LogP contribution is 2.27. The summed E-state index contributed by atoms with van der Waals surface area (Å²) in [4.78, 5) is 0. The molecule has 0 bridgehead atoms. The average Bonchev–Trinajstić information content (AvgIpc) is 2.45. The largest absolute Gasteiger partial charge is 0.313 e. The van der Waals surface area contributed by atoms with Gasteiger partial charge in [-0.05, 0) is 12.8 Å². The van der Waals surface area contributed by atoms with Crippen molar-refractivity contribution in [2.75, 3.05) is 5.75 Å². The Bertz CT molecular complexity index is 266. The molecule has 0 aliphatic heterocycles. The first kappa shape index (κ1) is 7.55. The SMILES string of the molecule is O=S(=O)(F)CC#CC1CC1. The molecule has 1 aliphatic rings. The molecule has 1 aliphatic carbocycles. The molecular formula is C6H7FO2S. The Balaban J connectivity index is 2.35. The summed E-state index contributed by atoms with van der Waals surface area (Å²) in [5.74, 6) is 4.60. The van der Waals surface area contributed by atoms with E-state index in [1.807, 2.05) is 0 Å². The summed E-state index contributed by atoms with van der Waals surface area (Å²) in [6.45, 7) is 0. The molecule has 0 radical (unpaired) electrons. The predicted molar refractivity (Wildman–Crippen MR) is 35.4 cm³/mol. The summed E-state index contributed by atoms with van der Waals surface area (Å²) in [6.07, 6.45) is 2.05. The van der Waals surface area contributed by atoms with Crippen LogP contribution in [0, 0.1) is 17.8 Å². The lowest BCUT2D eigenvalue weighted by Crippen LogP contribution is -1.94. The van der Waals surface area contributed by atoms with E-state index in [1.165, 1.54) is 0 Å². The van der Waals surface area contributed by atoms with Crippen LogP contribution in [0.5, 0.6) is 0 Å². The molecule has 0 aromatic heterocycles. The van der Waals surface area contributed by atoms with Gasteiger partial charge in [-0.1, -0.05) is 11.8 Å². The Morgan fingerprint density at radius 1 is 1.50 bits per heavy atom. The van der Waals surface area contributed by atoms with Crippen LogP contribution in [0.1, 0.15) is 12.8 Å². The lowest BCUT2D eigenvalue weighted by Gasteiger charge is -1.79. The fourth-order valence-electron chi connectivity index (χ4n) is 0.500. The van der Waals surface area contributed by atoms with Crippen LogP contribution in [0.3, 0.4) is 0 Å². The van der Waals surface area contributed by atoms with Crippen LogP contribution in [-0.2, 0) is 10.2 Å². The van der Waals surface area contributed by atoms with Crippen molar-refractivity contribution in [1.82, 2.24) is 0 Å². The van der Waals surface area contributed by atoms with E-state index in [2.05, 4.69) is 11.8 Å². The van der Waals surface area contributed by atoms with Crippen LogP contribution >= 0.6 is 0 Å². The predicted octanol–water partition coefficient (Wildman–Crippen LogP) is 0.699. The van der Waals surface area contributed by atoms with Gasteiger partial charge in [0.05, 0.1) is 0 Å². The highest BCUT2D eigenvalue weighted by molar-refractivity contribution is 7.86. The van der Waals surface area contributed by atoms with Gasteiger partial charge in [-0.2, -0.15) is 8.42 Å². The zero-order valence-electron chi connectivity index (χ0n) is 5.30. The minimum Gasteiger partial charge on any atom is -0.194 e. The van der Waals surface area contributed by atoms with E-state index in [1.54, 1.807) is 0 Å². The van der Waals surface area contributed by atoms with Gasteiger partial charge >= 0.3 is 10.2 Å². The molecule has 4 heteroatoms. The van der Waals surface area contributed by atoms with Crippen LogP contribution in [0.15, 0.2) is 0 Å². The molecule has 56 valence electrons. The third-order valence-electron chi connectivity index (χ3n) is 1.13. The maximum absolute atomic E-state index is 11.7. The first-order valence-electron chi connectivity index (χ1n) is 2.99. The fraction of sp³-hybridized carbons (Fsp3) is 0.667. The van der Waals surface area contributed by atoms with Gasteiger partial charge in [0.2, 0.25) is 0 Å². The minimum absolute atomic E-state index is 0.335. The first-order chi connectivity index (χ1) is 4.58. The van der Waals surface area contributed by atoms with Crippen molar-refractivity contribution < 1.29 is 12.3 Å². The molecular weight excluding hydrogens is 155 g/mol. The van der Waals surface area contributed by atoms with Gasteiger partial charge in [-0.15, -0.1) is 3.89 Å². The molecule has 0 saturated heterocycles. The highest BCUT2D eigenvalue weighted by Gasteiger charge is 2.17. The summed E-state index contributed by atoms with van der Waals surface area (Å²) in [5.41, 5.74) is 0. The van der Waals surface area contributed by atoms with Crippen molar-refractivity contribution in [1.29, 1.82) is 0 Å². The number of hydrogen-bond donors (Lipinski definition) is 0. The first-order valence-corrected chi connectivity index (χ1v) is 4.54. The quantitative estimate of drug-likeness (QED) is 0.420. The normalized spacial score (nSPS) is 17.7. The summed E-state index contributed by atoms with van der Waals surface area (Å²) >= 11 is 0. The Morgan fingerprint density at radius 3 is 2.50 bits per heavy atom. The number of halogens is 1. The molecule has 0 N–H and O–H groups in total. The van der Waals surface area contributed by atoms with Crippen molar-refractivity contribution in [3.05, 3.63) is 0 Å². The van der Waals surface area contributed by atoms with Crippen LogP contribution in [0.25, 0.3) is 0 Å². The molecule has 1 fully saturated rings. The van der Waals surface area contributed by atoms with Gasteiger partial charge in [0.15, 0.2) is 0 Å². The maximum atomic E-state index is 11.7. The molecule has 10 heavy (non-hydrogen) atoms. The van der Waals surface area contributed by atoms with Gasteiger partial charge < -0.3 is 0 Å². The van der Waals surface area contributed by atoms with Crippen molar-refractivity contribution in [3.63, 3.8) is 0 Å². The van der Waals surface area contributed by atoms with E-state index in [0.29, 0.717) is 5.92 Å². The lowest BCUT2D eigenvalue weighted by atomic mass is 10.4. The van der Waals surface area contributed by atoms with E-state index in [4.69, 9.17) is 0 Å². The van der Waals surface area contributed by atoms with E-state index in [9.17, 15) is 12.3 Å². The minimum atomic E-state index is -4.37. The van der Waals surface area contributed by atoms with Crippen LogP contribution in [0.4, 0.5) is 3.89 Å². The summed E-state index contributed by atoms with van der Waals surface area (Å²) < 4.78 is 31.5. The zero-order chi connectivity index (χ0) is 7.61. The molecule has 0 spiro atoms. The lowest BCUT2D eigenvalue weighted by molar-refractivity contribution is 0.556. The van der Waals surface area contributed by atoms with E-state index < -0.39 is 16.0 Å². The second-order valence-electron chi connectivity index (χ2n) is 2.28. The Kier molecular flexibility index (Phi) is 1.95. The average molecular weight is 162 g/mol. The van der Waals surface area contributed by atoms with E-state index >= 15 is 0 Å². The van der Waals surface area contributed by atoms with E-state index in [0.717, 1.165) is 12.8 Å².